The van der Waals surface area contributed by atoms with Crippen molar-refractivity contribution in [1.82, 2.24) is 9.13 Å². The molecule has 2 aliphatic rings. The van der Waals surface area contributed by atoms with Gasteiger partial charge in [0.05, 0.1) is 27.8 Å². The minimum Gasteiger partial charge on any atom is -0.458 e. The minimum absolute atomic E-state index is 0.00919. The van der Waals surface area contributed by atoms with Crippen LogP contribution in [0.25, 0.3) is 55.0 Å². The fourth-order valence-electron chi connectivity index (χ4n) is 8.49. The molecule has 2 aromatic heterocycles. The molecule has 0 aliphatic carbocycles. The van der Waals surface area contributed by atoms with Crippen LogP contribution >= 0.6 is 0 Å². The van der Waals surface area contributed by atoms with Crippen molar-refractivity contribution in [1.29, 1.82) is 0 Å². The molecule has 48 heavy (non-hydrogen) atoms. The summed E-state index contributed by atoms with van der Waals surface area (Å²) >= 11 is 0. The van der Waals surface area contributed by atoms with Crippen molar-refractivity contribution >= 4 is 66.7 Å². The summed E-state index contributed by atoms with van der Waals surface area (Å²) in [5.41, 5.74) is 13.8. The standard InChI is InChI=1S/C44H37BN2O/c1-43(2,3)26-19-21-31-36(23-26)47-35-18-12-9-15-30(35)40-37(46-33-16-10-7-13-28(33)29-14-8-11-17-34(29)46)25-39-41(42(40)47)45(31)32-22-20-27(44(4,5)6)24-38(32)48-39/h7-25H,1-6H3. The van der Waals surface area contributed by atoms with E-state index in [2.05, 4.69) is 166 Å². The maximum absolute atomic E-state index is 7.11. The number of hydrogen-bond acceptors (Lipinski definition) is 1. The van der Waals surface area contributed by atoms with E-state index < -0.39 is 0 Å². The fourth-order valence-corrected chi connectivity index (χ4v) is 8.49. The largest absolute Gasteiger partial charge is 0.458 e. The van der Waals surface area contributed by atoms with E-state index in [1.54, 1.807) is 0 Å². The number of benzene rings is 6. The molecule has 3 nitrogen and oxygen atoms in total. The molecule has 0 spiro atoms. The van der Waals surface area contributed by atoms with Crippen molar-refractivity contribution in [3.63, 3.8) is 0 Å². The highest BCUT2D eigenvalue weighted by Gasteiger charge is 2.42. The molecule has 6 aromatic carbocycles. The van der Waals surface area contributed by atoms with Crippen LogP contribution < -0.4 is 21.1 Å². The van der Waals surface area contributed by atoms with Crippen LogP contribution in [0, 0.1) is 0 Å². The zero-order chi connectivity index (χ0) is 32.7. The monoisotopic (exact) mass is 620 g/mol. The Hall–Kier alpha value is -5.22. The van der Waals surface area contributed by atoms with Gasteiger partial charge in [0, 0.05) is 33.3 Å². The first-order chi connectivity index (χ1) is 23.1. The molecule has 0 fully saturated rings. The maximum Gasteiger partial charge on any atom is 0.256 e. The van der Waals surface area contributed by atoms with Gasteiger partial charge in [0.1, 0.15) is 11.5 Å². The molecule has 0 bridgehead atoms. The molecule has 0 saturated heterocycles. The summed E-state index contributed by atoms with van der Waals surface area (Å²) in [6.45, 7) is 13.8. The Morgan fingerprint density at radius 3 is 1.67 bits per heavy atom. The summed E-state index contributed by atoms with van der Waals surface area (Å²) in [6, 6.07) is 43.0. The van der Waals surface area contributed by atoms with Crippen molar-refractivity contribution in [2.45, 2.75) is 52.4 Å². The minimum atomic E-state index is 0.00919. The SMILES string of the molecule is CC(C)(C)c1ccc2c(c1)Oc1cc(-n3c4ccccc4c4ccccc43)c3c4ccccc4n4c3c1B2c1ccc(C(C)(C)C)cc1-4. The number of nitrogens with zero attached hydrogens (tertiary/aromatic N) is 2. The Labute approximate surface area is 281 Å². The van der Waals surface area contributed by atoms with Gasteiger partial charge >= 0.3 is 0 Å². The molecule has 4 heteroatoms. The van der Waals surface area contributed by atoms with E-state index in [4.69, 9.17) is 4.74 Å². The summed E-state index contributed by atoms with van der Waals surface area (Å²) in [7, 11) is 0. The van der Waals surface area contributed by atoms with Crippen molar-refractivity contribution in [3.05, 3.63) is 126 Å². The number of hydrogen-bond donors (Lipinski definition) is 0. The molecular weight excluding hydrogens is 583 g/mol. The summed E-state index contributed by atoms with van der Waals surface area (Å²) in [4.78, 5) is 0. The van der Waals surface area contributed by atoms with Gasteiger partial charge in [0.25, 0.3) is 6.71 Å². The van der Waals surface area contributed by atoms with Crippen LogP contribution in [-0.4, -0.2) is 15.8 Å². The van der Waals surface area contributed by atoms with Gasteiger partial charge in [0.2, 0.25) is 0 Å². The molecule has 8 aromatic rings. The second-order valence-electron chi connectivity index (χ2n) is 15.8. The maximum atomic E-state index is 7.11. The average molecular weight is 621 g/mol. The van der Waals surface area contributed by atoms with Crippen LogP contribution in [0.3, 0.4) is 0 Å². The number of aromatic nitrogens is 2. The number of ether oxygens (including phenoxy) is 1. The van der Waals surface area contributed by atoms with Gasteiger partial charge < -0.3 is 13.9 Å². The van der Waals surface area contributed by atoms with Gasteiger partial charge in [-0.3, -0.25) is 0 Å². The Morgan fingerprint density at radius 2 is 1.04 bits per heavy atom. The van der Waals surface area contributed by atoms with E-state index in [1.807, 2.05) is 0 Å². The summed E-state index contributed by atoms with van der Waals surface area (Å²) in [6.07, 6.45) is 0. The molecule has 0 amide bonds. The lowest BCUT2D eigenvalue weighted by atomic mass is 9.34. The summed E-state index contributed by atoms with van der Waals surface area (Å²) in [5.74, 6) is 1.90. The first kappa shape index (κ1) is 27.9. The Kier molecular flexibility index (Phi) is 5.36. The first-order valence-corrected chi connectivity index (χ1v) is 17.2. The highest BCUT2D eigenvalue weighted by Crippen LogP contribution is 2.45. The van der Waals surface area contributed by atoms with Gasteiger partial charge in [-0.2, -0.15) is 0 Å². The molecule has 232 valence electrons. The zero-order valence-electron chi connectivity index (χ0n) is 28.3. The molecule has 0 atom stereocenters. The molecule has 0 radical (unpaired) electrons. The van der Waals surface area contributed by atoms with E-state index in [0.717, 1.165) is 17.2 Å². The molecule has 4 heterocycles. The first-order valence-electron chi connectivity index (χ1n) is 17.2. The van der Waals surface area contributed by atoms with E-state index in [0.29, 0.717) is 0 Å². The van der Waals surface area contributed by atoms with E-state index in [1.165, 1.54) is 76.8 Å². The van der Waals surface area contributed by atoms with Crippen molar-refractivity contribution in [2.24, 2.45) is 0 Å². The van der Waals surface area contributed by atoms with Crippen LogP contribution in [0.5, 0.6) is 11.5 Å². The molecule has 0 unspecified atom stereocenters. The molecular formula is C44H37BN2O. The number of fused-ring (bicyclic) bond motifs is 11. The second-order valence-corrected chi connectivity index (χ2v) is 15.8. The van der Waals surface area contributed by atoms with Crippen molar-refractivity contribution in [2.75, 3.05) is 0 Å². The average Bonchev–Trinajstić information content (AvgIpc) is 3.60. The third-order valence-electron chi connectivity index (χ3n) is 10.9. The Bertz CT molecular complexity index is 2620. The second kappa shape index (κ2) is 9.23. The van der Waals surface area contributed by atoms with Gasteiger partial charge in [-0.15, -0.1) is 0 Å². The van der Waals surface area contributed by atoms with Crippen LogP contribution in [0.1, 0.15) is 52.7 Å². The molecule has 0 N–H and O–H groups in total. The predicted molar refractivity (Wildman–Crippen MR) is 204 cm³/mol. The lowest BCUT2D eigenvalue weighted by Gasteiger charge is -2.35. The van der Waals surface area contributed by atoms with Crippen LogP contribution in [0.2, 0.25) is 0 Å². The molecule has 0 saturated carbocycles. The number of rotatable bonds is 1. The quantitative estimate of drug-likeness (QED) is 0.167. The highest BCUT2D eigenvalue weighted by molar-refractivity contribution is 6.99. The highest BCUT2D eigenvalue weighted by atomic mass is 16.5. The van der Waals surface area contributed by atoms with Crippen molar-refractivity contribution < 1.29 is 4.74 Å². The number of para-hydroxylation sites is 3. The van der Waals surface area contributed by atoms with E-state index in [-0.39, 0.29) is 17.5 Å². The van der Waals surface area contributed by atoms with Crippen LogP contribution in [0.15, 0.2) is 115 Å². The molecule has 10 rings (SSSR count). The summed E-state index contributed by atoms with van der Waals surface area (Å²) < 4.78 is 12.1. The lowest BCUT2D eigenvalue weighted by Crippen LogP contribution is -2.58. The van der Waals surface area contributed by atoms with Gasteiger partial charge in [-0.1, -0.05) is 120 Å². The fraction of sp³-hybridized carbons (Fsp3) is 0.182. The van der Waals surface area contributed by atoms with Crippen LogP contribution in [-0.2, 0) is 10.8 Å². The molecule has 2 aliphatic heterocycles. The summed E-state index contributed by atoms with van der Waals surface area (Å²) in [5, 5.41) is 5.04. The van der Waals surface area contributed by atoms with Gasteiger partial charge in [-0.05, 0) is 68.7 Å². The smallest absolute Gasteiger partial charge is 0.256 e. The predicted octanol–water partition coefficient (Wildman–Crippen LogP) is 9.41. The normalized spacial score (nSPS) is 13.8. The Morgan fingerprint density at radius 1 is 0.500 bits per heavy atom. The van der Waals surface area contributed by atoms with Gasteiger partial charge in [-0.25, -0.2) is 0 Å². The van der Waals surface area contributed by atoms with Crippen LogP contribution in [0.4, 0.5) is 0 Å². The lowest BCUT2D eigenvalue weighted by molar-refractivity contribution is 0.483. The topological polar surface area (TPSA) is 19.1 Å². The van der Waals surface area contributed by atoms with E-state index in [9.17, 15) is 0 Å². The third kappa shape index (κ3) is 3.61. The Balaban J connectivity index is 1.42. The van der Waals surface area contributed by atoms with Crippen molar-refractivity contribution in [3.8, 4) is 22.9 Å². The third-order valence-corrected chi connectivity index (χ3v) is 10.9. The zero-order valence-corrected chi connectivity index (χ0v) is 28.3. The van der Waals surface area contributed by atoms with Gasteiger partial charge in [0.15, 0.2) is 0 Å². The van der Waals surface area contributed by atoms with E-state index >= 15 is 0 Å².